The minimum absolute atomic E-state index is 0.158. The lowest BCUT2D eigenvalue weighted by Crippen LogP contribution is -2.37. The molecule has 0 amide bonds. The number of Topliss-reactive ketones (excluding diaryl/α,β-unsaturated/α-hetero) is 1. The van der Waals surface area contributed by atoms with Crippen LogP contribution in [-0.2, 0) is 4.79 Å². The number of carbonyl (C=O) groups excluding carboxylic acids is 1. The molecule has 1 saturated heterocycles. The lowest BCUT2D eigenvalue weighted by molar-refractivity contribution is -0.123. The molecule has 0 aliphatic carbocycles. The van der Waals surface area contributed by atoms with Gasteiger partial charge in [0.1, 0.15) is 18.4 Å². The first-order valence-corrected chi connectivity index (χ1v) is 8.48. The van der Waals surface area contributed by atoms with Crippen LogP contribution in [0, 0.1) is 0 Å². The Morgan fingerprint density at radius 3 is 3.08 bits per heavy atom. The molecule has 124 valence electrons. The number of nitrogens with zero attached hydrogens (tertiary/aromatic N) is 4. The number of aromatic amines is 1. The highest BCUT2D eigenvalue weighted by molar-refractivity contribution is 5.87. The zero-order valence-corrected chi connectivity index (χ0v) is 13.8. The minimum Gasteiger partial charge on any atom is -0.361 e. The summed E-state index contributed by atoms with van der Waals surface area (Å²) in [5.74, 6) is 0.356. The number of nitrogens with one attached hydrogen (secondary N) is 1. The fourth-order valence-electron chi connectivity index (χ4n) is 3.62. The number of aromatic nitrogens is 4. The van der Waals surface area contributed by atoms with E-state index in [-0.39, 0.29) is 6.04 Å². The molecule has 0 bridgehead atoms. The van der Waals surface area contributed by atoms with Crippen molar-refractivity contribution in [2.24, 2.45) is 0 Å². The number of fused-ring (bicyclic) bond motifs is 1. The van der Waals surface area contributed by atoms with E-state index in [0.717, 1.165) is 36.1 Å². The first-order chi connectivity index (χ1) is 11.8. The monoisotopic (exact) mass is 323 g/mol. The van der Waals surface area contributed by atoms with Crippen molar-refractivity contribution in [3.8, 4) is 5.69 Å². The van der Waals surface area contributed by atoms with E-state index in [4.69, 9.17) is 0 Å². The molecular weight excluding hydrogens is 302 g/mol. The quantitative estimate of drug-likeness (QED) is 0.802. The molecule has 2 aromatic heterocycles. The number of rotatable bonds is 4. The van der Waals surface area contributed by atoms with Gasteiger partial charge in [-0.25, -0.2) is 9.67 Å². The van der Waals surface area contributed by atoms with Crippen LogP contribution in [0.1, 0.15) is 37.8 Å². The van der Waals surface area contributed by atoms with Crippen LogP contribution in [0.5, 0.6) is 0 Å². The smallest absolute Gasteiger partial charge is 0.138 e. The Hall–Kier alpha value is -2.47. The van der Waals surface area contributed by atoms with Gasteiger partial charge < -0.3 is 4.98 Å². The van der Waals surface area contributed by atoms with E-state index >= 15 is 0 Å². The molecule has 24 heavy (non-hydrogen) atoms. The van der Waals surface area contributed by atoms with Crippen LogP contribution in [-0.4, -0.2) is 43.5 Å². The van der Waals surface area contributed by atoms with E-state index in [9.17, 15) is 4.79 Å². The Bertz CT molecular complexity index is 852. The Morgan fingerprint density at radius 1 is 1.38 bits per heavy atom. The van der Waals surface area contributed by atoms with Crippen LogP contribution in [0.2, 0.25) is 0 Å². The van der Waals surface area contributed by atoms with Gasteiger partial charge in [-0.3, -0.25) is 9.69 Å². The molecule has 1 atom stereocenters. The average Bonchev–Trinajstić information content (AvgIpc) is 3.25. The number of H-pyrrole nitrogens is 1. The van der Waals surface area contributed by atoms with E-state index in [2.05, 4.69) is 45.2 Å². The molecule has 1 aliphatic heterocycles. The molecule has 1 aromatic carbocycles. The van der Waals surface area contributed by atoms with Crippen molar-refractivity contribution in [2.45, 2.75) is 32.2 Å². The lowest BCUT2D eigenvalue weighted by Gasteiger charge is -2.34. The molecule has 0 spiro atoms. The third-order valence-corrected chi connectivity index (χ3v) is 4.79. The standard InChI is InChI=1S/C18H21N5O/c1-2-6-22-7-5-14(24)9-18(22)16-10-20-17-4-3-13(8-15(16)17)23-12-19-11-21-23/h3-4,8,10-12,18,20H,2,5-7,9H2,1H3. The van der Waals surface area contributed by atoms with Gasteiger partial charge in [-0.2, -0.15) is 5.10 Å². The number of carbonyl (C=O) groups is 1. The molecule has 1 N–H and O–H groups in total. The zero-order valence-electron chi connectivity index (χ0n) is 13.8. The van der Waals surface area contributed by atoms with Crippen molar-refractivity contribution in [2.75, 3.05) is 13.1 Å². The largest absolute Gasteiger partial charge is 0.361 e. The molecular formula is C18H21N5O. The highest BCUT2D eigenvalue weighted by atomic mass is 16.1. The third-order valence-electron chi connectivity index (χ3n) is 4.79. The van der Waals surface area contributed by atoms with E-state index in [1.807, 2.05) is 6.07 Å². The predicted molar refractivity (Wildman–Crippen MR) is 92.1 cm³/mol. The van der Waals surface area contributed by atoms with Crippen molar-refractivity contribution in [1.82, 2.24) is 24.6 Å². The summed E-state index contributed by atoms with van der Waals surface area (Å²) < 4.78 is 1.76. The van der Waals surface area contributed by atoms with Crippen LogP contribution in [0.15, 0.2) is 37.1 Å². The molecule has 6 heteroatoms. The number of piperidine rings is 1. The number of hydrogen-bond acceptors (Lipinski definition) is 4. The maximum atomic E-state index is 12.0. The van der Waals surface area contributed by atoms with Gasteiger partial charge in [-0.1, -0.05) is 6.92 Å². The molecule has 1 aliphatic rings. The number of likely N-dealkylation sites (tertiary alicyclic amines) is 1. The molecule has 4 rings (SSSR count). The SMILES string of the molecule is CCCN1CCC(=O)CC1c1c[nH]c2ccc(-n3cncn3)cc12. The predicted octanol–water partition coefficient (Wildman–Crippen LogP) is 2.86. The molecule has 3 heterocycles. The van der Waals surface area contributed by atoms with Gasteiger partial charge in [0.25, 0.3) is 0 Å². The van der Waals surface area contributed by atoms with E-state index in [1.54, 1.807) is 11.0 Å². The van der Waals surface area contributed by atoms with Crippen molar-refractivity contribution in [1.29, 1.82) is 0 Å². The summed E-state index contributed by atoms with van der Waals surface area (Å²) in [6, 6.07) is 6.36. The first-order valence-electron chi connectivity index (χ1n) is 8.48. The Balaban J connectivity index is 1.77. The van der Waals surface area contributed by atoms with Gasteiger partial charge in [-0.15, -0.1) is 0 Å². The summed E-state index contributed by atoms with van der Waals surface area (Å²) in [6.07, 6.45) is 7.65. The fraction of sp³-hybridized carbons (Fsp3) is 0.389. The van der Waals surface area contributed by atoms with Gasteiger partial charge in [0, 0.05) is 42.5 Å². The summed E-state index contributed by atoms with van der Waals surface area (Å²) in [5, 5.41) is 5.36. The molecule has 1 fully saturated rings. The summed E-state index contributed by atoms with van der Waals surface area (Å²) in [4.78, 5) is 21.9. The molecule has 3 aromatic rings. The van der Waals surface area contributed by atoms with Crippen molar-refractivity contribution < 1.29 is 4.79 Å². The summed E-state index contributed by atoms with van der Waals surface area (Å²) in [7, 11) is 0. The van der Waals surface area contributed by atoms with Crippen LogP contribution >= 0.6 is 0 Å². The molecule has 1 unspecified atom stereocenters. The summed E-state index contributed by atoms with van der Waals surface area (Å²) in [5.41, 5.74) is 3.27. The maximum absolute atomic E-state index is 12.0. The van der Waals surface area contributed by atoms with Crippen LogP contribution in [0.3, 0.4) is 0 Å². The first kappa shape index (κ1) is 15.1. The van der Waals surface area contributed by atoms with Crippen molar-refractivity contribution >= 4 is 16.7 Å². The Labute approximate surface area is 140 Å². The molecule has 6 nitrogen and oxygen atoms in total. The lowest BCUT2D eigenvalue weighted by atomic mass is 9.93. The number of benzene rings is 1. The van der Waals surface area contributed by atoms with Gasteiger partial charge in [-0.05, 0) is 36.7 Å². The average molecular weight is 323 g/mol. The summed E-state index contributed by atoms with van der Waals surface area (Å²) >= 11 is 0. The summed E-state index contributed by atoms with van der Waals surface area (Å²) in [6.45, 7) is 4.06. The normalized spacial score (nSPS) is 19.2. The van der Waals surface area contributed by atoms with Gasteiger partial charge in [0.2, 0.25) is 0 Å². The molecule has 0 saturated carbocycles. The fourth-order valence-corrected chi connectivity index (χ4v) is 3.62. The highest BCUT2D eigenvalue weighted by Gasteiger charge is 2.29. The number of hydrogen-bond donors (Lipinski definition) is 1. The number of ketones is 1. The second-order valence-electron chi connectivity index (χ2n) is 6.36. The third kappa shape index (κ3) is 2.63. The topological polar surface area (TPSA) is 66.8 Å². The van der Waals surface area contributed by atoms with Crippen LogP contribution in [0.4, 0.5) is 0 Å². The Morgan fingerprint density at radius 2 is 2.29 bits per heavy atom. The van der Waals surface area contributed by atoms with E-state index < -0.39 is 0 Å². The highest BCUT2D eigenvalue weighted by Crippen LogP contribution is 2.34. The maximum Gasteiger partial charge on any atom is 0.138 e. The van der Waals surface area contributed by atoms with Gasteiger partial charge in [0.15, 0.2) is 0 Å². The Kier molecular flexibility index (Phi) is 3.90. The van der Waals surface area contributed by atoms with Crippen molar-refractivity contribution in [3.63, 3.8) is 0 Å². The van der Waals surface area contributed by atoms with E-state index in [0.29, 0.717) is 18.6 Å². The second-order valence-corrected chi connectivity index (χ2v) is 6.36. The van der Waals surface area contributed by atoms with Gasteiger partial charge >= 0.3 is 0 Å². The van der Waals surface area contributed by atoms with E-state index in [1.165, 1.54) is 11.9 Å². The van der Waals surface area contributed by atoms with Crippen molar-refractivity contribution in [3.05, 3.63) is 42.6 Å². The minimum atomic E-state index is 0.158. The van der Waals surface area contributed by atoms with Crippen LogP contribution < -0.4 is 0 Å². The molecule has 0 radical (unpaired) electrons. The zero-order chi connectivity index (χ0) is 16.5. The van der Waals surface area contributed by atoms with Crippen LogP contribution in [0.25, 0.3) is 16.6 Å². The van der Waals surface area contributed by atoms with Gasteiger partial charge in [0.05, 0.1) is 5.69 Å². The second kappa shape index (κ2) is 6.20.